The van der Waals surface area contributed by atoms with Crippen LogP contribution in [0.5, 0.6) is 11.6 Å². The number of anilines is 2. The van der Waals surface area contributed by atoms with Crippen molar-refractivity contribution in [1.82, 2.24) is 9.97 Å². The van der Waals surface area contributed by atoms with Gasteiger partial charge in [-0.2, -0.15) is 9.97 Å². The molecular weight excluding hydrogens is 252 g/mol. The van der Waals surface area contributed by atoms with Gasteiger partial charge in [-0.05, 0) is 31.2 Å². The standard InChI is InChI=1S/C12H13ClN4O/c1-2-15-10-7-11(17-12(14)16-10)18-9-5-3-8(13)4-6-9/h3-7H,2H2,1H3,(H3,14,15,16,17). The summed E-state index contributed by atoms with van der Waals surface area (Å²) in [7, 11) is 0. The van der Waals surface area contributed by atoms with Crippen LogP contribution in [0, 0.1) is 0 Å². The molecule has 0 atom stereocenters. The lowest BCUT2D eigenvalue weighted by molar-refractivity contribution is 0.463. The molecule has 0 bridgehead atoms. The first kappa shape index (κ1) is 12.4. The van der Waals surface area contributed by atoms with Gasteiger partial charge in [0, 0.05) is 17.6 Å². The molecular formula is C12H13ClN4O. The molecule has 0 amide bonds. The second-order valence-corrected chi connectivity index (χ2v) is 3.97. The number of aromatic nitrogens is 2. The Morgan fingerprint density at radius 2 is 2.00 bits per heavy atom. The van der Waals surface area contributed by atoms with Crippen molar-refractivity contribution in [3.63, 3.8) is 0 Å². The summed E-state index contributed by atoms with van der Waals surface area (Å²) in [4.78, 5) is 8.04. The Morgan fingerprint density at radius 1 is 1.28 bits per heavy atom. The Bertz CT molecular complexity index is 530. The number of hydrogen-bond acceptors (Lipinski definition) is 5. The van der Waals surface area contributed by atoms with E-state index in [1.54, 1.807) is 30.3 Å². The molecule has 0 aliphatic carbocycles. The molecule has 1 aromatic carbocycles. The number of rotatable bonds is 4. The Kier molecular flexibility index (Phi) is 3.84. The van der Waals surface area contributed by atoms with E-state index in [1.807, 2.05) is 6.92 Å². The molecule has 0 radical (unpaired) electrons. The average Bonchev–Trinajstić information content (AvgIpc) is 2.32. The van der Waals surface area contributed by atoms with Crippen molar-refractivity contribution in [3.8, 4) is 11.6 Å². The molecule has 0 aliphatic rings. The molecule has 18 heavy (non-hydrogen) atoms. The first-order valence-electron chi connectivity index (χ1n) is 5.49. The van der Waals surface area contributed by atoms with Crippen molar-refractivity contribution < 1.29 is 4.74 Å². The van der Waals surface area contributed by atoms with Gasteiger partial charge >= 0.3 is 0 Å². The highest BCUT2D eigenvalue weighted by Crippen LogP contribution is 2.23. The average molecular weight is 265 g/mol. The van der Waals surface area contributed by atoms with Crippen LogP contribution < -0.4 is 15.8 Å². The molecule has 94 valence electrons. The molecule has 3 N–H and O–H groups in total. The quantitative estimate of drug-likeness (QED) is 0.888. The molecule has 1 heterocycles. The third-order valence-electron chi connectivity index (χ3n) is 2.11. The largest absolute Gasteiger partial charge is 0.439 e. The van der Waals surface area contributed by atoms with Crippen molar-refractivity contribution in [1.29, 1.82) is 0 Å². The Morgan fingerprint density at radius 3 is 2.67 bits per heavy atom. The van der Waals surface area contributed by atoms with Gasteiger partial charge in [-0.1, -0.05) is 11.6 Å². The van der Waals surface area contributed by atoms with E-state index in [0.29, 0.717) is 22.5 Å². The van der Waals surface area contributed by atoms with E-state index in [2.05, 4.69) is 15.3 Å². The van der Waals surface area contributed by atoms with E-state index in [-0.39, 0.29) is 5.95 Å². The number of ether oxygens (including phenoxy) is 1. The summed E-state index contributed by atoms with van der Waals surface area (Å²) in [5, 5.41) is 3.70. The van der Waals surface area contributed by atoms with Gasteiger partial charge in [0.25, 0.3) is 0 Å². The van der Waals surface area contributed by atoms with E-state index >= 15 is 0 Å². The topological polar surface area (TPSA) is 73.1 Å². The lowest BCUT2D eigenvalue weighted by Gasteiger charge is -2.08. The van der Waals surface area contributed by atoms with E-state index in [0.717, 1.165) is 6.54 Å². The molecule has 2 aromatic rings. The van der Waals surface area contributed by atoms with E-state index in [1.165, 1.54) is 0 Å². The van der Waals surface area contributed by atoms with Crippen molar-refractivity contribution in [2.75, 3.05) is 17.6 Å². The van der Waals surface area contributed by atoms with Crippen LogP contribution in [-0.4, -0.2) is 16.5 Å². The number of benzene rings is 1. The Balaban J connectivity index is 2.20. The first-order valence-corrected chi connectivity index (χ1v) is 5.87. The SMILES string of the molecule is CCNc1cc(Oc2ccc(Cl)cc2)nc(N)n1. The molecule has 0 fully saturated rings. The van der Waals surface area contributed by atoms with Crippen LogP contribution >= 0.6 is 11.6 Å². The van der Waals surface area contributed by atoms with Gasteiger partial charge in [-0.3, -0.25) is 0 Å². The predicted octanol–water partition coefficient (Wildman–Crippen LogP) is 2.94. The summed E-state index contributed by atoms with van der Waals surface area (Å²) in [6, 6.07) is 8.69. The maximum absolute atomic E-state index is 5.80. The second kappa shape index (κ2) is 5.55. The van der Waals surface area contributed by atoms with Gasteiger partial charge < -0.3 is 15.8 Å². The zero-order valence-electron chi connectivity index (χ0n) is 9.85. The zero-order chi connectivity index (χ0) is 13.0. The van der Waals surface area contributed by atoms with Gasteiger partial charge in [-0.25, -0.2) is 0 Å². The maximum atomic E-state index is 5.80. The van der Waals surface area contributed by atoms with Crippen molar-refractivity contribution in [2.24, 2.45) is 0 Å². The van der Waals surface area contributed by atoms with Gasteiger partial charge in [0.1, 0.15) is 11.6 Å². The highest BCUT2D eigenvalue weighted by molar-refractivity contribution is 6.30. The van der Waals surface area contributed by atoms with Crippen LogP contribution in [0.1, 0.15) is 6.92 Å². The van der Waals surface area contributed by atoms with Crippen LogP contribution in [-0.2, 0) is 0 Å². The molecule has 0 saturated heterocycles. The van der Waals surface area contributed by atoms with Crippen LogP contribution in [0.4, 0.5) is 11.8 Å². The molecule has 2 rings (SSSR count). The van der Waals surface area contributed by atoms with Gasteiger partial charge in [0.05, 0.1) is 0 Å². The van der Waals surface area contributed by atoms with E-state index < -0.39 is 0 Å². The number of nitrogens with zero attached hydrogens (tertiary/aromatic N) is 2. The summed E-state index contributed by atoms with van der Waals surface area (Å²) in [5.41, 5.74) is 5.60. The van der Waals surface area contributed by atoms with Gasteiger partial charge in [0.2, 0.25) is 11.8 Å². The number of hydrogen-bond donors (Lipinski definition) is 2. The highest BCUT2D eigenvalue weighted by Gasteiger charge is 2.04. The maximum Gasteiger partial charge on any atom is 0.226 e. The normalized spacial score (nSPS) is 10.1. The second-order valence-electron chi connectivity index (χ2n) is 3.54. The molecule has 0 saturated carbocycles. The summed E-state index contributed by atoms with van der Waals surface area (Å²) in [6.07, 6.45) is 0. The molecule has 0 spiro atoms. The Hall–Kier alpha value is -2.01. The fourth-order valence-electron chi connectivity index (χ4n) is 1.39. The van der Waals surface area contributed by atoms with Crippen LogP contribution in [0.25, 0.3) is 0 Å². The minimum Gasteiger partial charge on any atom is -0.439 e. The molecule has 0 unspecified atom stereocenters. The minimum atomic E-state index is 0.164. The third kappa shape index (κ3) is 3.24. The first-order chi connectivity index (χ1) is 8.67. The Labute approximate surface area is 110 Å². The number of nitrogens with one attached hydrogen (secondary N) is 1. The summed E-state index contributed by atoms with van der Waals surface area (Å²) in [6.45, 7) is 2.72. The van der Waals surface area contributed by atoms with Gasteiger partial charge in [0.15, 0.2) is 0 Å². The molecule has 6 heteroatoms. The van der Waals surface area contributed by atoms with E-state index in [9.17, 15) is 0 Å². The smallest absolute Gasteiger partial charge is 0.226 e. The molecule has 5 nitrogen and oxygen atoms in total. The predicted molar refractivity (Wildman–Crippen MR) is 72.1 cm³/mol. The fraction of sp³-hybridized carbons (Fsp3) is 0.167. The lowest BCUT2D eigenvalue weighted by atomic mass is 10.3. The van der Waals surface area contributed by atoms with Crippen molar-refractivity contribution in [3.05, 3.63) is 35.4 Å². The minimum absolute atomic E-state index is 0.164. The van der Waals surface area contributed by atoms with Crippen LogP contribution in [0.3, 0.4) is 0 Å². The third-order valence-corrected chi connectivity index (χ3v) is 2.37. The number of halogens is 1. The van der Waals surface area contributed by atoms with Crippen molar-refractivity contribution >= 4 is 23.4 Å². The van der Waals surface area contributed by atoms with Crippen LogP contribution in [0.2, 0.25) is 5.02 Å². The summed E-state index contributed by atoms with van der Waals surface area (Å²) in [5.74, 6) is 1.83. The summed E-state index contributed by atoms with van der Waals surface area (Å²) < 4.78 is 5.57. The number of nitrogens with two attached hydrogens (primary N) is 1. The molecule has 0 aliphatic heterocycles. The zero-order valence-corrected chi connectivity index (χ0v) is 10.6. The molecule has 1 aromatic heterocycles. The highest BCUT2D eigenvalue weighted by atomic mass is 35.5. The van der Waals surface area contributed by atoms with E-state index in [4.69, 9.17) is 22.1 Å². The van der Waals surface area contributed by atoms with Crippen LogP contribution in [0.15, 0.2) is 30.3 Å². The monoisotopic (exact) mass is 264 g/mol. The summed E-state index contributed by atoms with van der Waals surface area (Å²) >= 11 is 5.80. The van der Waals surface area contributed by atoms with Crippen molar-refractivity contribution in [2.45, 2.75) is 6.92 Å². The van der Waals surface area contributed by atoms with Gasteiger partial charge in [-0.15, -0.1) is 0 Å². The number of nitrogen functional groups attached to an aromatic ring is 1. The lowest BCUT2D eigenvalue weighted by Crippen LogP contribution is -2.04. The fourth-order valence-corrected chi connectivity index (χ4v) is 1.52.